The predicted octanol–water partition coefficient (Wildman–Crippen LogP) is 2.37. The highest BCUT2D eigenvalue weighted by Gasteiger charge is 2.26. The molecule has 2 aliphatic rings. The van der Waals surface area contributed by atoms with Gasteiger partial charge in [0.2, 0.25) is 0 Å². The molecule has 1 aromatic carbocycles. The van der Waals surface area contributed by atoms with Crippen LogP contribution in [0.25, 0.3) is 11.3 Å². The second-order valence-corrected chi connectivity index (χ2v) is 7.79. The normalized spacial score (nSPS) is 19.6. The molecule has 0 spiro atoms. The topological polar surface area (TPSA) is 111 Å². The summed E-state index contributed by atoms with van der Waals surface area (Å²) in [6, 6.07) is 7.53. The molecule has 1 saturated heterocycles. The third kappa shape index (κ3) is 4.27. The summed E-state index contributed by atoms with van der Waals surface area (Å²) in [5, 5.41) is 8.70. The average Bonchev–Trinajstić information content (AvgIpc) is 3.16. The average molecular weight is 398 g/mol. The fourth-order valence-electron chi connectivity index (χ4n) is 4.13. The van der Waals surface area contributed by atoms with E-state index in [2.05, 4.69) is 10.8 Å². The van der Waals surface area contributed by atoms with Crippen LogP contribution in [0.5, 0.6) is 0 Å². The summed E-state index contributed by atoms with van der Waals surface area (Å²) in [7, 11) is 0. The maximum Gasteiger partial charge on any atom is 0.506 e. The van der Waals surface area contributed by atoms with Gasteiger partial charge in [0, 0.05) is 56.2 Å². The van der Waals surface area contributed by atoms with Gasteiger partial charge in [-0.2, -0.15) is 0 Å². The van der Waals surface area contributed by atoms with E-state index in [0.29, 0.717) is 44.0 Å². The Labute approximate surface area is 169 Å². The molecule has 1 aromatic heterocycles. The van der Waals surface area contributed by atoms with Crippen molar-refractivity contribution in [2.45, 2.75) is 38.3 Å². The molecule has 1 fully saturated rings. The molecule has 29 heavy (non-hydrogen) atoms. The Morgan fingerprint density at radius 2 is 1.90 bits per heavy atom. The Kier molecular flexibility index (Phi) is 5.53. The van der Waals surface area contributed by atoms with Crippen LogP contribution in [0.2, 0.25) is 0 Å². The molecule has 0 bridgehead atoms. The minimum atomic E-state index is -1.26. The van der Waals surface area contributed by atoms with Crippen molar-refractivity contribution < 1.29 is 19.4 Å². The van der Waals surface area contributed by atoms with Crippen LogP contribution in [0.4, 0.5) is 4.79 Å². The number of carbonyl (C=O) groups excluding carboxylic acids is 1. The maximum absolute atomic E-state index is 12.7. The van der Waals surface area contributed by atoms with Gasteiger partial charge in [0.05, 0.1) is 5.69 Å². The first-order chi connectivity index (χ1) is 14.0. The van der Waals surface area contributed by atoms with Crippen LogP contribution in [-0.4, -0.2) is 57.4 Å². The van der Waals surface area contributed by atoms with Crippen LogP contribution in [0.3, 0.4) is 0 Å². The summed E-state index contributed by atoms with van der Waals surface area (Å²) in [5.41, 5.74) is 8.34. The zero-order chi connectivity index (χ0) is 20.4. The minimum absolute atomic E-state index is 0.0414. The number of carbonyl (C=O) groups is 2. The van der Waals surface area contributed by atoms with Crippen LogP contribution in [-0.2, 0) is 17.7 Å². The number of amides is 1. The lowest BCUT2D eigenvalue weighted by Crippen LogP contribution is -2.41. The van der Waals surface area contributed by atoms with Gasteiger partial charge in [-0.25, -0.2) is 9.78 Å². The molecule has 0 aliphatic carbocycles. The number of hydrogen-bond donors (Lipinski definition) is 2. The van der Waals surface area contributed by atoms with E-state index in [9.17, 15) is 9.59 Å². The molecule has 3 N–H and O–H groups in total. The van der Waals surface area contributed by atoms with Crippen molar-refractivity contribution >= 4 is 12.1 Å². The molecule has 2 aromatic rings. The molecule has 0 saturated carbocycles. The summed E-state index contributed by atoms with van der Waals surface area (Å²) in [4.78, 5) is 29.9. The number of benzene rings is 1. The molecule has 1 unspecified atom stereocenters. The summed E-state index contributed by atoms with van der Waals surface area (Å²) >= 11 is 0. The summed E-state index contributed by atoms with van der Waals surface area (Å²) in [5.74, 6) is 1.56. The summed E-state index contributed by atoms with van der Waals surface area (Å²) < 4.78 is 6.99. The van der Waals surface area contributed by atoms with Crippen molar-refractivity contribution in [3.63, 3.8) is 0 Å². The number of likely N-dealkylation sites (tertiary alicyclic amines) is 1. The second-order valence-electron chi connectivity index (χ2n) is 7.79. The molecule has 2 aliphatic heterocycles. The lowest BCUT2D eigenvalue weighted by atomic mass is 10.00. The summed E-state index contributed by atoms with van der Waals surface area (Å²) in [6.07, 6.45) is 3.56. The van der Waals surface area contributed by atoms with E-state index in [4.69, 9.17) is 20.6 Å². The number of nitrogens with zero attached hydrogens (tertiary/aromatic N) is 3. The van der Waals surface area contributed by atoms with E-state index >= 15 is 0 Å². The highest BCUT2D eigenvalue weighted by atomic mass is 16.7. The quantitative estimate of drug-likeness (QED) is 0.765. The maximum atomic E-state index is 12.7. The van der Waals surface area contributed by atoms with Crippen LogP contribution >= 0.6 is 0 Å². The standard InChI is InChI=1S/C21H26N4O4/c22-11-14-1-6-19-23-18(13-25(19)12-14)15-2-4-16(5-3-15)20(26)24-9-7-17(8-10-24)29-21(27)28/h2-5,13-14,17H,1,6-12,22H2,(H,27,28). The Hall–Kier alpha value is -2.87. The number of piperidine rings is 1. The lowest BCUT2D eigenvalue weighted by Gasteiger charge is -2.31. The highest BCUT2D eigenvalue weighted by Crippen LogP contribution is 2.25. The third-order valence-corrected chi connectivity index (χ3v) is 5.85. The molecule has 8 heteroatoms. The molecule has 4 rings (SSSR count). The van der Waals surface area contributed by atoms with E-state index in [1.165, 1.54) is 0 Å². The van der Waals surface area contributed by atoms with Gasteiger partial charge in [0.1, 0.15) is 11.9 Å². The van der Waals surface area contributed by atoms with Gasteiger partial charge in [-0.05, 0) is 31.0 Å². The Balaban J connectivity index is 1.40. The van der Waals surface area contributed by atoms with Gasteiger partial charge in [0.15, 0.2) is 0 Å². The van der Waals surface area contributed by atoms with Crippen molar-refractivity contribution in [2.75, 3.05) is 19.6 Å². The number of nitrogens with two attached hydrogens (primary N) is 1. The number of ether oxygens (including phenoxy) is 1. The zero-order valence-electron chi connectivity index (χ0n) is 16.3. The van der Waals surface area contributed by atoms with Gasteiger partial charge in [0.25, 0.3) is 5.91 Å². The number of aromatic nitrogens is 2. The minimum Gasteiger partial charge on any atom is -0.450 e. The van der Waals surface area contributed by atoms with Crippen LogP contribution < -0.4 is 5.73 Å². The Bertz CT molecular complexity index is 885. The van der Waals surface area contributed by atoms with Gasteiger partial charge < -0.3 is 25.0 Å². The number of fused-ring (bicyclic) bond motifs is 1. The summed E-state index contributed by atoms with van der Waals surface area (Å²) in [6.45, 7) is 2.60. The highest BCUT2D eigenvalue weighted by molar-refractivity contribution is 5.94. The van der Waals surface area contributed by atoms with Gasteiger partial charge >= 0.3 is 6.16 Å². The molecule has 1 atom stereocenters. The van der Waals surface area contributed by atoms with E-state index in [-0.39, 0.29) is 12.0 Å². The van der Waals surface area contributed by atoms with E-state index in [1.807, 2.05) is 24.3 Å². The van der Waals surface area contributed by atoms with Gasteiger partial charge in [-0.3, -0.25) is 4.79 Å². The monoisotopic (exact) mass is 398 g/mol. The fourth-order valence-corrected chi connectivity index (χ4v) is 4.13. The first kappa shape index (κ1) is 19.4. The fraction of sp³-hybridized carbons (Fsp3) is 0.476. The van der Waals surface area contributed by atoms with E-state index < -0.39 is 6.16 Å². The number of hydrogen-bond acceptors (Lipinski definition) is 5. The van der Waals surface area contributed by atoms with Crippen molar-refractivity contribution in [2.24, 2.45) is 11.7 Å². The molecule has 1 amide bonds. The largest absolute Gasteiger partial charge is 0.506 e. The van der Waals surface area contributed by atoms with Crippen molar-refractivity contribution in [3.05, 3.63) is 41.9 Å². The van der Waals surface area contributed by atoms with Gasteiger partial charge in [-0.15, -0.1) is 0 Å². The van der Waals surface area contributed by atoms with E-state index in [1.54, 1.807) is 4.90 Å². The molecule has 3 heterocycles. The SMILES string of the molecule is NCC1CCc2nc(-c3ccc(C(=O)N4CCC(OC(=O)O)CC4)cc3)cn2C1. The lowest BCUT2D eigenvalue weighted by molar-refractivity contribution is 0.0199. The molecular weight excluding hydrogens is 372 g/mol. The first-order valence-electron chi connectivity index (χ1n) is 10.1. The predicted molar refractivity (Wildman–Crippen MR) is 107 cm³/mol. The Morgan fingerprint density at radius 1 is 1.17 bits per heavy atom. The Morgan fingerprint density at radius 3 is 2.55 bits per heavy atom. The molecule has 154 valence electrons. The zero-order valence-corrected chi connectivity index (χ0v) is 16.3. The molecular formula is C21H26N4O4. The smallest absolute Gasteiger partial charge is 0.450 e. The van der Waals surface area contributed by atoms with Crippen LogP contribution in [0, 0.1) is 5.92 Å². The number of rotatable bonds is 4. The van der Waals surface area contributed by atoms with Crippen LogP contribution in [0.15, 0.2) is 30.5 Å². The number of carboxylic acid groups (broad SMARTS) is 1. The second kappa shape index (κ2) is 8.24. The molecule has 0 radical (unpaired) electrons. The van der Waals surface area contributed by atoms with Crippen LogP contribution in [0.1, 0.15) is 35.4 Å². The van der Waals surface area contributed by atoms with Crippen molar-refractivity contribution in [1.82, 2.24) is 14.5 Å². The first-order valence-corrected chi connectivity index (χ1v) is 10.1. The number of imidazole rings is 1. The van der Waals surface area contributed by atoms with Crippen molar-refractivity contribution in [1.29, 1.82) is 0 Å². The molecule has 8 nitrogen and oxygen atoms in total. The van der Waals surface area contributed by atoms with Gasteiger partial charge in [-0.1, -0.05) is 12.1 Å². The van der Waals surface area contributed by atoms with Crippen molar-refractivity contribution in [3.8, 4) is 11.3 Å². The van der Waals surface area contributed by atoms with E-state index in [0.717, 1.165) is 36.5 Å². The third-order valence-electron chi connectivity index (χ3n) is 5.85. The number of aryl methyl sites for hydroxylation is 1.